The molecular formula is C11H13N3NaO2. The van der Waals surface area contributed by atoms with Crippen LogP contribution < -0.4 is 0 Å². The Labute approximate surface area is 122 Å². The van der Waals surface area contributed by atoms with Crippen LogP contribution in [0.25, 0.3) is 0 Å². The first kappa shape index (κ1) is 14.2. The molecule has 5 nitrogen and oxygen atoms in total. The Bertz CT molecular complexity index is 431. The summed E-state index contributed by atoms with van der Waals surface area (Å²) < 4.78 is 0. The average Bonchev–Trinajstić information content (AvgIpc) is 2.77. The number of amidine groups is 1. The van der Waals surface area contributed by atoms with Crippen LogP contribution in [0.2, 0.25) is 0 Å². The van der Waals surface area contributed by atoms with E-state index in [1.165, 1.54) is 6.20 Å². The number of carboxylic acids is 1. The zero-order valence-electron chi connectivity index (χ0n) is 10.1. The Balaban J connectivity index is 0.00000144. The van der Waals surface area contributed by atoms with Gasteiger partial charge in [0.15, 0.2) is 0 Å². The number of likely N-dealkylation sites (N-methyl/N-ethyl adjacent to an activating group) is 1. The van der Waals surface area contributed by atoms with Crippen LogP contribution in [0.3, 0.4) is 0 Å². The van der Waals surface area contributed by atoms with Crippen molar-refractivity contribution >= 4 is 41.4 Å². The molecule has 2 heterocycles. The maximum Gasteiger partial charge on any atom is 0.337 e. The van der Waals surface area contributed by atoms with Crippen LogP contribution in [0.1, 0.15) is 23.0 Å². The summed E-state index contributed by atoms with van der Waals surface area (Å²) in [7, 11) is 0. The average molecular weight is 242 g/mol. The van der Waals surface area contributed by atoms with Crippen molar-refractivity contribution in [2.45, 2.75) is 6.92 Å². The number of hydrogen-bond donors (Lipinski definition) is 1. The minimum absolute atomic E-state index is 0. The summed E-state index contributed by atoms with van der Waals surface area (Å²) in [5.74, 6) is -0.0980. The predicted molar refractivity (Wildman–Crippen MR) is 65.6 cm³/mol. The summed E-state index contributed by atoms with van der Waals surface area (Å²) in [5.41, 5.74) is 0.940. The van der Waals surface area contributed by atoms with Crippen molar-refractivity contribution in [2.75, 3.05) is 19.6 Å². The van der Waals surface area contributed by atoms with E-state index in [1.807, 2.05) is 0 Å². The van der Waals surface area contributed by atoms with Gasteiger partial charge in [-0.2, -0.15) is 0 Å². The largest absolute Gasteiger partial charge is 0.478 e. The van der Waals surface area contributed by atoms with Gasteiger partial charge in [0.05, 0.1) is 12.1 Å². The van der Waals surface area contributed by atoms with Crippen molar-refractivity contribution in [2.24, 2.45) is 4.99 Å². The van der Waals surface area contributed by atoms with E-state index in [1.54, 1.807) is 12.1 Å². The van der Waals surface area contributed by atoms with Crippen LogP contribution >= 0.6 is 0 Å². The van der Waals surface area contributed by atoms with Crippen molar-refractivity contribution in [3.63, 3.8) is 0 Å². The molecule has 1 aliphatic rings. The fraction of sp³-hybridized carbons (Fsp3) is 0.364. The van der Waals surface area contributed by atoms with Crippen LogP contribution in [0.15, 0.2) is 23.3 Å². The molecule has 1 aliphatic heterocycles. The van der Waals surface area contributed by atoms with Gasteiger partial charge >= 0.3 is 5.97 Å². The van der Waals surface area contributed by atoms with E-state index in [2.05, 4.69) is 21.8 Å². The number of carbonyl (C=O) groups is 1. The van der Waals surface area contributed by atoms with Crippen molar-refractivity contribution in [1.29, 1.82) is 0 Å². The Morgan fingerprint density at radius 3 is 2.82 bits per heavy atom. The molecule has 0 amide bonds. The Morgan fingerprint density at radius 1 is 1.53 bits per heavy atom. The number of aliphatic imine (C=N–C) groups is 1. The predicted octanol–water partition coefficient (Wildman–Crippen LogP) is 0.481. The SMILES string of the molecule is CCN1CCN=C1c1ccc(C(=O)O)cn1.[Na]. The van der Waals surface area contributed by atoms with Crippen molar-refractivity contribution in [3.05, 3.63) is 29.6 Å². The summed E-state index contributed by atoms with van der Waals surface area (Å²) in [6, 6.07) is 3.26. The van der Waals surface area contributed by atoms with E-state index < -0.39 is 5.97 Å². The molecule has 0 fully saturated rings. The Morgan fingerprint density at radius 2 is 2.29 bits per heavy atom. The van der Waals surface area contributed by atoms with Gasteiger partial charge in [0.25, 0.3) is 0 Å². The molecule has 0 atom stereocenters. The first-order chi connectivity index (χ1) is 7.72. The first-order valence-corrected chi connectivity index (χ1v) is 5.21. The van der Waals surface area contributed by atoms with E-state index in [9.17, 15) is 4.79 Å². The Hall–Kier alpha value is -0.910. The molecule has 0 saturated carbocycles. The molecule has 17 heavy (non-hydrogen) atoms. The molecule has 0 unspecified atom stereocenters. The second kappa shape index (κ2) is 6.14. The van der Waals surface area contributed by atoms with E-state index in [0.29, 0.717) is 0 Å². The fourth-order valence-corrected chi connectivity index (χ4v) is 1.69. The molecule has 0 saturated heterocycles. The van der Waals surface area contributed by atoms with Crippen LogP contribution in [-0.4, -0.2) is 76.0 Å². The topological polar surface area (TPSA) is 65.8 Å². The molecule has 1 N–H and O–H groups in total. The molecule has 0 spiro atoms. The maximum absolute atomic E-state index is 10.7. The second-order valence-corrected chi connectivity index (χ2v) is 3.52. The monoisotopic (exact) mass is 242 g/mol. The molecule has 6 heteroatoms. The standard InChI is InChI=1S/C11H13N3O2.Na/c1-2-14-6-5-12-10(14)9-4-3-8(7-13-9)11(15)16;/h3-4,7H,2,5-6H2,1H3,(H,15,16);. The van der Waals surface area contributed by atoms with Crippen molar-refractivity contribution in [1.82, 2.24) is 9.88 Å². The fourth-order valence-electron chi connectivity index (χ4n) is 1.69. The van der Waals surface area contributed by atoms with Gasteiger partial charge in [-0.3, -0.25) is 9.98 Å². The van der Waals surface area contributed by atoms with Gasteiger partial charge in [0.1, 0.15) is 11.5 Å². The van der Waals surface area contributed by atoms with E-state index in [0.717, 1.165) is 31.2 Å². The normalized spacial score (nSPS) is 14.2. The van der Waals surface area contributed by atoms with Crippen molar-refractivity contribution in [3.8, 4) is 0 Å². The molecule has 1 radical (unpaired) electrons. The third-order valence-corrected chi connectivity index (χ3v) is 2.55. The number of rotatable bonds is 3. The molecule has 0 aromatic carbocycles. The minimum Gasteiger partial charge on any atom is -0.478 e. The van der Waals surface area contributed by atoms with Crippen molar-refractivity contribution < 1.29 is 9.90 Å². The van der Waals surface area contributed by atoms with Crippen LogP contribution in [0.5, 0.6) is 0 Å². The summed E-state index contributed by atoms with van der Waals surface area (Å²) in [6.45, 7) is 4.65. The van der Waals surface area contributed by atoms with Gasteiger partial charge in [-0.05, 0) is 19.1 Å². The number of aromatic carboxylic acids is 1. The van der Waals surface area contributed by atoms with Crippen LogP contribution in [0, 0.1) is 0 Å². The molecule has 0 aliphatic carbocycles. The van der Waals surface area contributed by atoms with Crippen LogP contribution in [0.4, 0.5) is 0 Å². The second-order valence-electron chi connectivity index (χ2n) is 3.52. The van der Waals surface area contributed by atoms with Gasteiger partial charge in [-0.15, -0.1) is 0 Å². The van der Waals surface area contributed by atoms with E-state index in [-0.39, 0.29) is 35.1 Å². The van der Waals surface area contributed by atoms with E-state index in [4.69, 9.17) is 5.11 Å². The number of aromatic nitrogens is 1. The molecule has 85 valence electrons. The van der Waals surface area contributed by atoms with Crippen LogP contribution in [-0.2, 0) is 0 Å². The molecule has 2 rings (SSSR count). The maximum atomic E-state index is 10.7. The zero-order valence-corrected chi connectivity index (χ0v) is 12.1. The van der Waals surface area contributed by atoms with Gasteiger partial charge in [-0.1, -0.05) is 0 Å². The summed E-state index contributed by atoms with van der Waals surface area (Å²) in [5, 5.41) is 8.76. The third-order valence-electron chi connectivity index (χ3n) is 2.55. The summed E-state index contributed by atoms with van der Waals surface area (Å²) >= 11 is 0. The summed E-state index contributed by atoms with van der Waals surface area (Å²) in [4.78, 5) is 21.3. The van der Waals surface area contributed by atoms with E-state index >= 15 is 0 Å². The van der Waals surface area contributed by atoms with Gasteiger partial charge in [0.2, 0.25) is 0 Å². The molecule has 1 aromatic rings. The zero-order chi connectivity index (χ0) is 11.5. The number of hydrogen-bond acceptors (Lipinski definition) is 4. The molecule has 1 aromatic heterocycles. The number of carboxylic acid groups (broad SMARTS) is 1. The smallest absolute Gasteiger partial charge is 0.337 e. The third kappa shape index (κ3) is 3.06. The van der Waals surface area contributed by atoms with Gasteiger partial charge < -0.3 is 10.0 Å². The Kier molecular flexibility index (Phi) is 5.11. The van der Waals surface area contributed by atoms with Gasteiger partial charge in [-0.25, -0.2) is 4.79 Å². The number of nitrogens with zero attached hydrogens (tertiary/aromatic N) is 3. The molecular weight excluding hydrogens is 229 g/mol. The first-order valence-electron chi connectivity index (χ1n) is 5.21. The minimum atomic E-state index is -0.959. The number of pyridine rings is 1. The molecule has 0 bridgehead atoms. The quantitative estimate of drug-likeness (QED) is 0.783. The summed E-state index contributed by atoms with van der Waals surface area (Å²) in [6.07, 6.45) is 1.37. The van der Waals surface area contributed by atoms with Gasteiger partial charge in [0, 0.05) is 48.8 Å².